The summed E-state index contributed by atoms with van der Waals surface area (Å²) in [6.45, 7) is 1.93. The number of rotatable bonds is 4. The van der Waals surface area contributed by atoms with E-state index in [1.54, 1.807) is 6.08 Å². The van der Waals surface area contributed by atoms with Gasteiger partial charge in [-0.05, 0) is 35.8 Å². The summed E-state index contributed by atoms with van der Waals surface area (Å²) in [4.78, 5) is 10.6. The molecular weight excluding hydrogens is 317 g/mol. The maximum atomic E-state index is 12.7. The van der Waals surface area contributed by atoms with Gasteiger partial charge in [-0.1, -0.05) is 54.1 Å². The highest BCUT2D eigenvalue weighted by molar-refractivity contribution is 5.84. The minimum Gasteiger partial charge on any atom is -0.478 e. The van der Waals surface area contributed by atoms with Gasteiger partial charge in [-0.2, -0.15) is 13.2 Å². The number of allylic oxidation sites excluding steroid dienone is 2. The van der Waals surface area contributed by atoms with Crippen LogP contribution in [0.25, 0.3) is 5.57 Å². The topological polar surface area (TPSA) is 37.3 Å². The Morgan fingerprint density at radius 1 is 0.958 bits per heavy atom. The molecule has 0 bridgehead atoms. The molecule has 0 saturated carbocycles. The van der Waals surface area contributed by atoms with Gasteiger partial charge in [0.2, 0.25) is 0 Å². The zero-order chi connectivity index (χ0) is 17.7. The van der Waals surface area contributed by atoms with Gasteiger partial charge < -0.3 is 5.11 Å². The number of carboxylic acid groups (broad SMARTS) is 1. The van der Waals surface area contributed by atoms with Gasteiger partial charge in [0.05, 0.1) is 5.56 Å². The first-order valence-electron chi connectivity index (χ1n) is 7.13. The van der Waals surface area contributed by atoms with Crippen molar-refractivity contribution in [1.82, 2.24) is 0 Å². The fourth-order valence-corrected chi connectivity index (χ4v) is 2.16. The first-order chi connectivity index (χ1) is 11.3. The molecule has 24 heavy (non-hydrogen) atoms. The van der Waals surface area contributed by atoms with E-state index in [1.165, 1.54) is 18.2 Å². The van der Waals surface area contributed by atoms with Crippen LogP contribution in [-0.2, 0) is 11.0 Å². The number of hydrogen-bond donors (Lipinski definition) is 1. The van der Waals surface area contributed by atoms with Crippen molar-refractivity contribution in [3.8, 4) is 0 Å². The van der Waals surface area contributed by atoms with Crippen molar-refractivity contribution in [2.24, 2.45) is 0 Å². The van der Waals surface area contributed by atoms with E-state index in [1.807, 2.05) is 31.2 Å². The van der Waals surface area contributed by atoms with E-state index >= 15 is 0 Å². The van der Waals surface area contributed by atoms with Gasteiger partial charge in [-0.3, -0.25) is 0 Å². The van der Waals surface area contributed by atoms with Gasteiger partial charge in [0.1, 0.15) is 0 Å². The fourth-order valence-electron chi connectivity index (χ4n) is 2.16. The lowest BCUT2D eigenvalue weighted by Gasteiger charge is -2.11. The summed E-state index contributed by atoms with van der Waals surface area (Å²) >= 11 is 0. The van der Waals surface area contributed by atoms with Gasteiger partial charge in [0, 0.05) is 6.08 Å². The molecule has 0 aliphatic heterocycles. The zero-order valence-electron chi connectivity index (χ0n) is 12.8. The molecule has 0 aliphatic rings. The highest BCUT2D eigenvalue weighted by Gasteiger charge is 2.30. The third-order valence-electron chi connectivity index (χ3n) is 3.39. The van der Waals surface area contributed by atoms with Gasteiger partial charge in [-0.25, -0.2) is 4.79 Å². The Morgan fingerprint density at radius 2 is 1.46 bits per heavy atom. The molecule has 0 fully saturated rings. The SMILES string of the molecule is Cc1ccc(C(=CC=CC(=O)O)c2ccc(C(F)(F)F)cc2)cc1. The third kappa shape index (κ3) is 4.59. The molecule has 0 heterocycles. The average molecular weight is 332 g/mol. The van der Waals surface area contributed by atoms with Crippen LogP contribution >= 0.6 is 0 Å². The zero-order valence-corrected chi connectivity index (χ0v) is 12.8. The van der Waals surface area contributed by atoms with Gasteiger partial charge >= 0.3 is 12.1 Å². The average Bonchev–Trinajstić information content (AvgIpc) is 2.52. The Bertz CT molecular complexity index is 768. The number of alkyl halides is 3. The predicted octanol–water partition coefficient (Wildman–Crippen LogP) is 5.09. The summed E-state index contributed by atoms with van der Waals surface area (Å²) in [7, 11) is 0. The van der Waals surface area contributed by atoms with Crippen LogP contribution in [0.5, 0.6) is 0 Å². The van der Waals surface area contributed by atoms with E-state index < -0.39 is 17.7 Å². The number of carbonyl (C=O) groups is 1. The molecule has 2 nitrogen and oxygen atoms in total. The van der Waals surface area contributed by atoms with Crippen molar-refractivity contribution in [1.29, 1.82) is 0 Å². The molecule has 0 aromatic heterocycles. The van der Waals surface area contributed by atoms with E-state index in [-0.39, 0.29) is 0 Å². The molecule has 124 valence electrons. The van der Waals surface area contributed by atoms with E-state index in [0.29, 0.717) is 11.1 Å². The molecule has 0 aliphatic carbocycles. The van der Waals surface area contributed by atoms with Crippen LogP contribution in [0, 0.1) is 6.92 Å². The molecule has 0 radical (unpaired) electrons. The third-order valence-corrected chi connectivity index (χ3v) is 3.39. The molecule has 0 spiro atoms. The van der Waals surface area contributed by atoms with E-state index in [9.17, 15) is 18.0 Å². The molecule has 2 aromatic carbocycles. The van der Waals surface area contributed by atoms with Crippen LogP contribution in [-0.4, -0.2) is 11.1 Å². The van der Waals surface area contributed by atoms with Crippen molar-refractivity contribution in [3.63, 3.8) is 0 Å². The highest BCUT2D eigenvalue weighted by Crippen LogP contribution is 2.31. The van der Waals surface area contributed by atoms with Crippen molar-refractivity contribution >= 4 is 11.5 Å². The molecule has 2 rings (SSSR count). The van der Waals surface area contributed by atoms with Crippen LogP contribution in [0.1, 0.15) is 22.3 Å². The van der Waals surface area contributed by atoms with Crippen LogP contribution < -0.4 is 0 Å². The smallest absolute Gasteiger partial charge is 0.416 e. The van der Waals surface area contributed by atoms with Crippen LogP contribution in [0.2, 0.25) is 0 Å². The quantitative estimate of drug-likeness (QED) is 0.626. The number of carboxylic acids is 1. The van der Waals surface area contributed by atoms with Crippen molar-refractivity contribution < 1.29 is 23.1 Å². The minimum absolute atomic E-state index is 0.571. The number of aryl methyl sites for hydroxylation is 1. The normalized spacial score (nSPS) is 12.6. The second kappa shape index (κ2) is 7.17. The van der Waals surface area contributed by atoms with Crippen molar-refractivity contribution in [2.45, 2.75) is 13.1 Å². The molecule has 0 unspecified atom stereocenters. The van der Waals surface area contributed by atoms with E-state index in [0.717, 1.165) is 29.3 Å². The summed E-state index contributed by atoms with van der Waals surface area (Å²) in [6, 6.07) is 12.2. The standard InChI is InChI=1S/C19H15F3O2/c1-13-5-7-14(8-6-13)17(3-2-4-18(23)24)15-9-11-16(12-10-15)19(20,21)22/h2-12H,1H3,(H,23,24). The predicted molar refractivity (Wildman–Crippen MR) is 86.5 cm³/mol. The Hall–Kier alpha value is -2.82. The number of halogens is 3. The molecule has 1 N–H and O–H groups in total. The monoisotopic (exact) mass is 332 g/mol. The molecule has 2 aromatic rings. The highest BCUT2D eigenvalue weighted by atomic mass is 19.4. The molecule has 0 atom stereocenters. The van der Waals surface area contributed by atoms with Gasteiger partial charge in [-0.15, -0.1) is 0 Å². The number of aliphatic carboxylic acids is 1. The summed E-state index contributed by atoms with van der Waals surface area (Å²) in [5, 5.41) is 8.69. The minimum atomic E-state index is -4.39. The van der Waals surface area contributed by atoms with Crippen LogP contribution in [0.15, 0.2) is 66.8 Å². The lowest BCUT2D eigenvalue weighted by Crippen LogP contribution is -2.04. The molecular formula is C19H15F3O2. The van der Waals surface area contributed by atoms with Gasteiger partial charge in [0.25, 0.3) is 0 Å². The summed E-state index contributed by atoms with van der Waals surface area (Å²) in [6.07, 6.45) is -0.496. The van der Waals surface area contributed by atoms with E-state index in [4.69, 9.17) is 5.11 Å². The maximum Gasteiger partial charge on any atom is 0.416 e. The van der Waals surface area contributed by atoms with Crippen molar-refractivity contribution in [3.05, 3.63) is 89.0 Å². The van der Waals surface area contributed by atoms with Crippen molar-refractivity contribution in [2.75, 3.05) is 0 Å². The fraction of sp³-hybridized carbons (Fsp3) is 0.105. The maximum absolute atomic E-state index is 12.7. The number of hydrogen-bond acceptors (Lipinski definition) is 1. The number of benzene rings is 2. The lowest BCUT2D eigenvalue weighted by molar-refractivity contribution is -0.137. The molecule has 5 heteroatoms. The first-order valence-corrected chi connectivity index (χ1v) is 7.13. The Morgan fingerprint density at radius 3 is 1.92 bits per heavy atom. The molecule has 0 saturated heterocycles. The summed E-state index contributed by atoms with van der Waals surface area (Å²) < 4.78 is 38.1. The Kier molecular flexibility index (Phi) is 5.24. The first kappa shape index (κ1) is 17.5. The second-order valence-corrected chi connectivity index (χ2v) is 5.22. The summed E-state index contributed by atoms with van der Waals surface area (Å²) in [5.41, 5.74) is 2.32. The van der Waals surface area contributed by atoms with E-state index in [2.05, 4.69) is 0 Å². The van der Waals surface area contributed by atoms with Crippen LogP contribution in [0.4, 0.5) is 13.2 Å². The lowest BCUT2D eigenvalue weighted by atomic mass is 9.96. The van der Waals surface area contributed by atoms with Crippen LogP contribution in [0.3, 0.4) is 0 Å². The van der Waals surface area contributed by atoms with Gasteiger partial charge in [0.15, 0.2) is 0 Å². The Balaban J connectivity index is 2.46. The Labute approximate surface area is 137 Å². The second-order valence-electron chi connectivity index (χ2n) is 5.22. The molecule has 0 amide bonds. The summed E-state index contributed by atoms with van der Waals surface area (Å²) in [5.74, 6) is -1.10. The largest absolute Gasteiger partial charge is 0.478 e.